The first kappa shape index (κ1) is 23.7. The Morgan fingerprint density at radius 3 is 2.35 bits per heavy atom. The zero-order valence-corrected chi connectivity index (χ0v) is 19.7. The number of rotatable bonds is 6. The molecule has 4 N–H and O–H groups in total. The van der Waals surface area contributed by atoms with Crippen molar-refractivity contribution >= 4 is 62.8 Å². The Morgan fingerprint density at radius 2 is 1.65 bits per heavy atom. The van der Waals surface area contributed by atoms with E-state index in [0.29, 0.717) is 27.7 Å². The summed E-state index contributed by atoms with van der Waals surface area (Å²) in [6.07, 6.45) is 3.28. The van der Waals surface area contributed by atoms with Crippen LogP contribution in [0.15, 0.2) is 71.6 Å². The van der Waals surface area contributed by atoms with E-state index in [2.05, 4.69) is 20.3 Å². The smallest absolute Gasteiger partial charge is 0.295 e. The van der Waals surface area contributed by atoms with E-state index in [1.54, 1.807) is 54.6 Å². The predicted molar refractivity (Wildman–Crippen MR) is 135 cm³/mol. The lowest BCUT2D eigenvalue weighted by Crippen LogP contribution is -2.02. The molecule has 0 fully saturated rings. The van der Waals surface area contributed by atoms with Crippen LogP contribution in [0, 0.1) is 0 Å². The molecule has 0 spiro atoms. The molecule has 1 heterocycles. The van der Waals surface area contributed by atoms with Crippen LogP contribution in [-0.2, 0) is 10.1 Å². The molecule has 8 nitrogen and oxygen atoms in total. The Hall–Kier alpha value is -3.50. The predicted octanol–water partition coefficient (Wildman–Crippen LogP) is 5.59. The number of hydrogen-bond donors (Lipinski definition) is 3. The van der Waals surface area contributed by atoms with Crippen molar-refractivity contribution in [3.05, 3.63) is 88.2 Å². The molecule has 4 rings (SSSR count). The second-order valence-electron chi connectivity index (χ2n) is 7.08. The first-order chi connectivity index (χ1) is 16.2. The summed E-state index contributed by atoms with van der Waals surface area (Å²) in [5.41, 5.74) is 8.27. The average molecular weight is 514 g/mol. The number of halogens is 2. The maximum atomic E-state index is 11.6. The second-order valence-corrected chi connectivity index (χ2v) is 9.22. The third-order valence-corrected chi connectivity index (χ3v) is 6.08. The number of anilines is 3. The molecule has 0 radical (unpaired) electrons. The molecule has 0 atom stereocenters. The van der Waals surface area contributed by atoms with Crippen LogP contribution >= 0.6 is 23.2 Å². The van der Waals surface area contributed by atoms with Crippen LogP contribution in [0.4, 0.5) is 17.3 Å². The largest absolute Gasteiger partial charge is 0.399 e. The van der Waals surface area contributed by atoms with Gasteiger partial charge >= 0.3 is 0 Å². The number of aromatic nitrogens is 3. The molecule has 0 bridgehead atoms. The van der Waals surface area contributed by atoms with E-state index in [1.165, 1.54) is 12.1 Å². The third-order valence-electron chi connectivity index (χ3n) is 4.67. The minimum atomic E-state index is -4.42. The van der Waals surface area contributed by atoms with Gasteiger partial charge in [0.05, 0.1) is 10.7 Å². The summed E-state index contributed by atoms with van der Waals surface area (Å²) in [4.78, 5) is 12.4. The number of nitrogens with two attached hydrogens (primary N) is 1. The van der Waals surface area contributed by atoms with Crippen molar-refractivity contribution in [2.24, 2.45) is 0 Å². The van der Waals surface area contributed by atoms with Crippen LogP contribution in [0.5, 0.6) is 0 Å². The van der Waals surface area contributed by atoms with Gasteiger partial charge in [0.1, 0.15) is 4.90 Å². The molecule has 0 aliphatic rings. The van der Waals surface area contributed by atoms with Crippen molar-refractivity contribution in [1.82, 2.24) is 15.0 Å². The van der Waals surface area contributed by atoms with E-state index in [4.69, 9.17) is 28.9 Å². The molecule has 3 aromatic carbocycles. The van der Waals surface area contributed by atoms with Crippen LogP contribution in [0.1, 0.15) is 11.1 Å². The zero-order valence-electron chi connectivity index (χ0n) is 17.4. The van der Waals surface area contributed by atoms with E-state index in [0.717, 1.165) is 5.56 Å². The summed E-state index contributed by atoms with van der Waals surface area (Å²) >= 11 is 12.3. The van der Waals surface area contributed by atoms with Crippen molar-refractivity contribution in [2.75, 3.05) is 11.1 Å². The number of benzene rings is 3. The lowest BCUT2D eigenvalue weighted by atomic mass is 10.1. The monoisotopic (exact) mass is 513 g/mol. The number of nitrogens with zero attached hydrogens (tertiary/aromatic N) is 3. The summed E-state index contributed by atoms with van der Waals surface area (Å²) < 4.78 is 32.7. The molecule has 1 aromatic heterocycles. The van der Waals surface area contributed by atoms with Gasteiger partial charge in [-0.2, -0.15) is 23.4 Å². The number of hydrogen-bond acceptors (Lipinski definition) is 7. The molecule has 172 valence electrons. The van der Waals surface area contributed by atoms with Crippen LogP contribution < -0.4 is 11.1 Å². The van der Waals surface area contributed by atoms with Gasteiger partial charge in [0.15, 0.2) is 5.82 Å². The molecule has 0 amide bonds. The third kappa shape index (κ3) is 5.70. The van der Waals surface area contributed by atoms with Crippen LogP contribution in [-0.4, -0.2) is 27.9 Å². The van der Waals surface area contributed by atoms with Crippen molar-refractivity contribution in [3.63, 3.8) is 0 Å². The summed E-state index contributed by atoms with van der Waals surface area (Å²) in [6.45, 7) is 0. The highest BCUT2D eigenvalue weighted by molar-refractivity contribution is 7.86. The SMILES string of the molecule is Nc1ccc(C=Cc2ccc(-c3nc(Cl)nc(Nc4ccccc4Cl)n3)cc2)c(S(=O)(=O)O)c1. The van der Waals surface area contributed by atoms with Gasteiger partial charge in [-0.1, -0.05) is 66.2 Å². The Labute approximate surface area is 205 Å². The fraction of sp³-hybridized carbons (Fsp3) is 0. The molecule has 0 aliphatic heterocycles. The van der Waals surface area contributed by atoms with Gasteiger partial charge < -0.3 is 11.1 Å². The minimum Gasteiger partial charge on any atom is -0.399 e. The van der Waals surface area contributed by atoms with Crippen LogP contribution in [0.3, 0.4) is 0 Å². The first-order valence-corrected chi connectivity index (χ1v) is 12.0. The molecule has 0 saturated heterocycles. The zero-order chi connectivity index (χ0) is 24.3. The van der Waals surface area contributed by atoms with E-state index in [-0.39, 0.29) is 21.8 Å². The van der Waals surface area contributed by atoms with Crippen molar-refractivity contribution in [2.45, 2.75) is 4.90 Å². The van der Waals surface area contributed by atoms with Crippen LogP contribution in [0.25, 0.3) is 23.5 Å². The second kappa shape index (κ2) is 9.78. The normalized spacial score (nSPS) is 11.6. The molecular weight excluding hydrogens is 497 g/mol. The first-order valence-electron chi connectivity index (χ1n) is 9.78. The Kier molecular flexibility index (Phi) is 6.80. The van der Waals surface area contributed by atoms with Gasteiger partial charge in [-0.3, -0.25) is 4.55 Å². The number of nitrogens with one attached hydrogen (secondary N) is 1. The van der Waals surface area contributed by atoms with Gasteiger partial charge in [0.2, 0.25) is 11.2 Å². The highest BCUT2D eigenvalue weighted by Crippen LogP contribution is 2.26. The quantitative estimate of drug-likeness (QED) is 0.172. The fourth-order valence-corrected chi connectivity index (χ4v) is 4.12. The highest BCUT2D eigenvalue weighted by Gasteiger charge is 2.14. The lowest BCUT2D eigenvalue weighted by Gasteiger charge is -2.08. The van der Waals surface area contributed by atoms with Gasteiger partial charge in [-0.15, -0.1) is 0 Å². The molecular formula is C23H17Cl2N5O3S. The Balaban J connectivity index is 1.58. The summed E-state index contributed by atoms with van der Waals surface area (Å²) in [5, 5.41) is 3.55. The maximum absolute atomic E-state index is 11.6. The van der Waals surface area contributed by atoms with Gasteiger partial charge in [0.25, 0.3) is 10.1 Å². The molecule has 11 heteroatoms. The number of para-hydroxylation sites is 1. The fourth-order valence-electron chi connectivity index (χ4n) is 3.06. The van der Waals surface area contributed by atoms with Gasteiger partial charge in [-0.25, -0.2) is 0 Å². The van der Waals surface area contributed by atoms with E-state index in [1.807, 2.05) is 12.1 Å². The molecule has 0 saturated carbocycles. The van der Waals surface area contributed by atoms with Gasteiger partial charge in [0, 0.05) is 11.3 Å². The van der Waals surface area contributed by atoms with Crippen molar-refractivity contribution in [3.8, 4) is 11.4 Å². The molecule has 0 aliphatic carbocycles. The van der Waals surface area contributed by atoms with Gasteiger partial charge in [-0.05, 0) is 47.0 Å². The summed E-state index contributed by atoms with van der Waals surface area (Å²) in [6, 6.07) is 18.6. The summed E-state index contributed by atoms with van der Waals surface area (Å²) in [7, 11) is -4.42. The molecule has 4 aromatic rings. The average Bonchev–Trinajstić information content (AvgIpc) is 2.79. The Morgan fingerprint density at radius 1 is 0.912 bits per heavy atom. The van der Waals surface area contributed by atoms with E-state index < -0.39 is 10.1 Å². The van der Waals surface area contributed by atoms with Crippen LogP contribution in [0.2, 0.25) is 10.3 Å². The lowest BCUT2D eigenvalue weighted by molar-refractivity contribution is 0.483. The number of nitrogen functional groups attached to an aromatic ring is 1. The maximum Gasteiger partial charge on any atom is 0.295 e. The minimum absolute atomic E-state index is 0.0182. The van der Waals surface area contributed by atoms with Crippen molar-refractivity contribution in [1.29, 1.82) is 0 Å². The Bertz CT molecular complexity index is 1490. The summed E-state index contributed by atoms with van der Waals surface area (Å²) in [5.74, 6) is 0.602. The molecule has 34 heavy (non-hydrogen) atoms. The topological polar surface area (TPSA) is 131 Å². The van der Waals surface area contributed by atoms with Crippen molar-refractivity contribution < 1.29 is 13.0 Å². The molecule has 0 unspecified atom stereocenters. The van der Waals surface area contributed by atoms with E-state index >= 15 is 0 Å². The standard InChI is InChI=1S/C23H17Cl2N5O3S/c24-18-3-1-2-4-19(18)27-23-29-21(28-22(25)30-23)16-9-6-14(7-10-16)5-8-15-11-12-17(26)13-20(15)34(31,32)33/h1-13H,26H2,(H,31,32,33)(H,27,28,29,30). The highest BCUT2D eigenvalue weighted by atomic mass is 35.5. The van der Waals surface area contributed by atoms with E-state index in [9.17, 15) is 13.0 Å².